The molecule has 0 saturated carbocycles. The van der Waals surface area contributed by atoms with E-state index in [2.05, 4.69) is 16.0 Å². The standard InChI is InChI=1S/C20H25N3O4S/c1-2-27-12-5-10-21-19(25)15-6-3-7-16(14-15)23-18(24)9-11-22-20(26)17-8-4-13-28-17/h3-4,6-8,13-14H,2,5,9-12H2,1H3,(H,21,25)(H,22,26)(H,23,24). The van der Waals surface area contributed by atoms with Crippen molar-refractivity contribution in [1.29, 1.82) is 0 Å². The minimum Gasteiger partial charge on any atom is -0.382 e. The molecule has 1 aromatic heterocycles. The van der Waals surface area contributed by atoms with Crippen molar-refractivity contribution in [3.63, 3.8) is 0 Å². The van der Waals surface area contributed by atoms with Crippen molar-refractivity contribution in [1.82, 2.24) is 10.6 Å². The Balaban J connectivity index is 1.74. The molecule has 0 aliphatic heterocycles. The number of nitrogens with one attached hydrogen (secondary N) is 3. The minimum atomic E-state index is -0.235. The van der Waals surface area contributed by atoms with Crippen LogP contribution >= 0.6 is 11.3 Å². The first kappa shape index (κ1) is 21.6. The predicted molar refractivity (Wildman–Crippen MR) is 110 cm³/mol. The van der Waals surface area contributed by atoms with Crippen LogP contribution in [0, 0.1) is 0 Å². The van der Waals surface area contributed by atoms with Crippen LogP contribution in [0.15, 0.2) is 41.8 Å². The van der Waals surface area contributed by atoms with Gasteiger partial charge in [-0.3, -0.25) is 14.4 Å². The number of rotatable bonds is 11. The molecule has 150 valence electrons. The quantitative estimate of drug-likeness (QED) is 0.503. The number of thiophene rings is 1. The molecular weight excluding hydrogens is 378 g/mol. The number of hydrogen-bond acceptors (Lipinski definition) is 5. The van der Waals surface area contributed by atoms with Crippen molar-refractivity contribution >= 4 is 34.7 Å². The molecule has 1 aromatic carbocycles. The second-order valence-electron chi connectivity index (χ2n) is 5.92. The van der Waals surface area contributed by atoms with Crippen molar-refractivity contribution in [2.75, 3.05) is 31.6 Å². The Morgan fingerprint density at radius 2 is 1.86 bits per heavy atom. The van der Waals surface area contributed by atoms with Crippen LogP contribution in [0.2, 0.25) is 0 Å². The molecule has 0 saturated heterocycles. The molecule has 7 nitrogen and oxygen atoms in total. The Morgan fingerprint density at radius 1 is 1.04 bits per heavy atom. The molecule has 2 rings (SSSR count). The van der Waals surface area contributed by atoms with Crippen LogP contribution in [0.1, 0.15) is 39.8 Å². The largest absolute Gasteiger partial charge is 0.382 e. The number of anilines is 1. The van der Waals surface area contributed by atoms with Gasteiger partial charge in [-0.05, 0) is 43.0 Å². The summed E-state index contributed by atoms with van der Waals surface area (Å²) in [7, 11) is 0. The summed E-state index contributed by atoms with van der Waals surface area (Å²) in [6.45, 7) is 3.96. The molecule has 1 heterocycles. The van der Waals surface area contributed by atoms with Crippen molar-refractivity contribution in [2.24, 2.45) is 0 Å². The van der Waals surface area contributed by atoms with E-state index >= 15 is 0 Å². The molecule has 0 atom stereocenters. The third-order valence-corrected chi connectivity index (χ3v) is 4.61. The summed E-state index contributed by atoms with van der Waals surface area (Å²) in [5.74, 6) is -0.623. The normalized spacial score (nSPS) is 10.3. The summed E-state index contributed by atoms with van der Waals surface area (Å²) in [6, 6.07) is 10.3. The van der Waals surface area contributed by atoms with Gasteiger partial charge in [-0.1, -0.05) is 12.1 Å². The Bertz CT molecular complexity index is 778. The molecule has 28 heavy (non-hydrogen) atoms. The van der Waals surface area contributed by atoms with Gasteiger partial charge in [-0.15, -0.1) is 11.3 Å². The number of carbonyl (C=O) groups excluding carboxylic acids is 3. The van der Waals surface area contributed by atoms with Gasteiger partial charge in [0, 0.05) is 44.0 Å². The summed E-state index contributed by atoms with van der Waals surface area (Å²) in [5, 5.41) is 10.1. The van der Waals surface area contributed by atoms with Crippen LogP contribution in [-0.4, -0.2) is 44.0 Å². The van der Waals surface area contributed by atoms with Crippen molar-refractivity contribution < 1.29 is 19.1 Å². The highest BCUT2D eigenvalue weighted by molar-refractivity contribution is 7.12. The molecule has 0 radical (unpaired) electrons. The number of hydrogen-bond donors (Lipinski definition) is 3. The van der Waals surface area contributed by atoms with Gasteiger partial charge in [0.1, 0.15) is 0 Å². The lowest BCUT2D eigenvalue weighted by molar-refractivity contribution is -0.116. The lowest BCUT2D eigenvalue weighted by atomic mass is 10.2. The average molecular weight is 404 g/mol. The Morgan fingerprint density at radius 3 is 2.61 bits per heavy atom. The first-order chi connectivity index (χ1) is 13.6. The highest BCUT2D eigenvalue weighted by Crippen LogP contribution is 2.11. The molecule has 0 aliphatic rings. The molecule has 0 fully saturated rings. The molecule has 0 unspecified atom stereocenters. The third kappa shape index (κ3) is 7.50. The van der Waals surface area contributed by atoms with Gasteiger partial charge >= 0.3 is 0 Å². The first-order valence-corrected chi connectivity index (χ1v) is 10.1. The predicted octanol–water partition coefficient (Wildman–Crippen LogP) is 2.66. The Kier molecular flexibility index (Phi) is 9.17. The average Bonchev–Trinajstić information content (AvgIpc) is 3.23. The molecule has 0 aliphatic carbocycles. The lowest BCUT2D eigenvalue weighted by Gasteiger charge is -2.09. The smallest absolute Gasteiger partial charge is 0.261 e. The molecule has 3 amide bonds. The van der Waals surface area contributed by atoms with E-state index in [1.54, 1.807) is 36.4 Å². The van der Waals surface area contributed by atoms with E-state index in [0.29, 0.717) is 35.9 Å². The van der Waals surface area contributed by atoms with Gasteiger partial charge in [0.15, 0.2) is 0 Å². The van der Waals surface area contributed by atoms with Gasteiger partial charge in [0.05, 0.1) is 4.88 Å². The topological polar surface area (TPSA) is 96.5 Å². The Labute approximate surface area is 168 Å². The van der Waals surface area contributed by atoms with Crippen molar-refractivity contribution in [3.8, 4) is 0 Å². The Hall–Kier alpha value is -2.71. The van der Waals surface area contributed by atoms with Gasteiger partial charge in [-0.2, -0.15) is 0 Å². The zero-order valence-electron chi connectivity index (χ0n) is 15.8. The summed E-state index contributed by atoms with van der Waals surface area (Å²) >= 11 is 1.35. The SMILES string of the molecule is CCOCCCNC(=O)c1cccc(NC(=O)CCNC(=O)c2cccs2)c1. The zero-order valence-corrected chi connectivity index (χ0v) is 16.6. The van der Waals surface area contributed by atoms with Gasteiger partial charge < -0.3 is 20.7 Å². The highest BCUT2D eigenvalue weighted by Gasteiger charge is 2.09. The molecule has 0 bridgehead atoms. The zero-order chi connectivity index (χ0) is 20.2. The number of benzene rings is 1. The summed E-state index contributed by atoms with van der Waals surface area (Å²) in [5.41, 5.74) is 1.01. The fourth-order valence-corrected chi connectivity index (χ4v) is 3.01. The van der Waals surface area contributed by atoms with Crippen LogP contribution in [0.3, 0.4) is 0 Å². The van der Waals surface area contributed by atoms with Crippen LogP contribution in [-0.2, 0) is 9.53 Å². The fraction of sp³-hybridized carbons (Fsp3) is 0.350. The van der Waals surface area contributed by atoms with E-state index in [1.807, 2.05) is 12.3 Å². The summed E-state index contributed by atoms with van der Waals surface area (Å²) < 4.78 is 5.23. The molecule has 0 spiro atoms. The van der Waals surface area contributed by atoms with E-state index in [-0.39, 0.29) is 30.7 Å². The van der Waals surface area contributed by atoms with Gasteiger partial charge in [-0.25, -0.2) is 0 Å². The van der Waals surface area contributed by atoms with Crippen LogP contribution < -0.4 is 16.0 Å². The summed E-state index contributed by atoms with van der Waals surface area (Å²) in [4.78, 5) is 36.7. The maximum Gasteiger partial charge on any atom is 0.261 e. The minimum absolute atomic E-state index is 0.144. The first-order valence-electron chi connectivity index (χ1n) is 9.17. The van der Waals surface area contributed by atoms with E-state index in [1.165, 1.54) is 11.3 Å². The number of carbonyl (C=O) groups is 3. The van der Waals surface area contributed by atoms with Crippen LogP contribution in [0.4, 0.5) is 5.69 Å². The van der Waals surface area contributed by atoms with Gasteiger partial charge in [0.25, 0.3) is 11.8 Å². The van der Waals surface area contributed by atoms with Crippen molar-refractivity contribution in [3.05, 3.63) is 52.2 Å². The van der Waals surface area contributed by atoms with Crippen molar-refractivity contribution in [2.45, 2.75) is 19.8 Å². The van der Waals surface area contributed by atoms with Crippen LogP contribution in [0.5, 0.6) is 0 Å². The van der Waals surface area contributed by atoms with E-state index in [9.17, 15) is 14.4 Å². The maximum absolute atomic E-state index is 12.2. The maximum atomic E-state index is 12.2. The lowest BCUT2D eigenvalue weighted by Crippen LogP contribution is -2.27. The molecular formula is C20H25N3O4S. The van der Waals surface area contributed by atoms with E-state index < -0.39 is 0 Å². The number of amides is 3. The monoisotopic (exact) mass is 403 g/mol. The summed E-state index contributed by atoms with van der Waals surface area (Å²) in [6.07, 6.45) is 0.887. The second-order valence-corrected chi connectivity index (χ2v) is 6.87. The second kappa shape index (κ2) is 11.9. The van der Waals surface area contributed by atoms with E-state index in [4.69, 9.17) is 4.74 Å². The molecule has 2 aromatic rings. The third-order valence-electron chi connectivity index (χ3n) is 3.75. The molecule has 3 N–H and O–H groups in total. The van der Waals surface area contributed by atoms with E-state index in [0.717, 1.165) is 6.42 Å². The highest BCUT2D eigenvalue weighted by atomic mass is 32.1. The number of ether oxygens (including phenoxy) is 1. The van der Waals surface area contributed by atoms with Gasteiger partial charge in [0.2, 0.25) is 5.91 Å². The fourth-order valence-electron chi connectivity index (χ4n) is 2.37. The van der Waals surface area contributed by atoms with Crippen LogP contribution in [0.25, 0.3) is 0 Å². The molecule has 8 heteroatoms.